The number of halogens is 1. The molecule has 4 aromatic rings. The molecule has 4 rings (SSSR count). The molecule has 26 heavy (non-hydrogen) atoms. The first-order valence-corrected chi connectivity index (χ1v) is 8.52. The predicted octanol–water partition coefficient (Wildman–Crippen LogP) is 4.45. The summed E-state index contributed by atoms with van der Waals surface area (Å²) in [5.74, 6) is 0.248. The highest BCUT2D eigenvalue weighted by Crippen LogP contribution is 2.20. The van der Waals surface area contributed by atoms with E-state index in [0.717, 1.165) is 17.5 Å². The maximum atomic E-state index is 13.3. The summed E-state index contributed by atoms with van der Waals surface area (Å²) < 4.78 is 15.0. The Morgan fingerprint density at radius 1 is 0.846 bits per heavy atom. The van der Waals surface area contributed by atoms with Crippen LogP contribution >= 0.6 is 0 Å². The highest BCUT2D eigenvalue weighted by Gasteiger charge is 2.12. The molecule has 0 saturated carbocycles. The largest absolute Gasteiger partial charge is 0.292 e. The predicted molar refractivity (Wildman–Crippen MR) is 102 cm³/mol. The lowest BCUT2D eigenvalue weighted by Crippen LogP contribution is -2.24. The van der Waals surface area contributed by atoms with E-state index in [0.29, 0.717) is 23.3 Å². The second kappa shape index (κ2) is 6.92. The van der Waals surface area contributed by atoms with E-state index in [4.69, 9.17) is 0 Å². The van der Waals surface area contributed by atoms with Crippen LogP contribution in [0.25, 0.3) is 22.3 Å². The molecule has 0 atom stereocenters. The number of nitrogens with zero attached hydrogens (tertiary/aromatic N) is 2. The first-order chi connectivity index (χ1) is 12.7. The van der Waals surface area contributed by atoms with Crippen molar-refractivity contribution >= 4 is 10.9 Å². The van der Waals surface area contributed by atoms with E-state index in [1.807, 2.05) is 48.5 Å². The molecule has 3 aromatic carbocycles. The smallest absolute Gasteiger partial charge is 0.261 e. The van der Waals surface area contributed by atoms with E-state index in [2.05, 4.69) is 4.98 Å². The summed E-state index contributed by atoms with van der Waals surface area (Å²) in [6.07, 6.45) is 0.717. The molecule has 0 N–H and O–H groups in total. The van der Waals surface area contributed by atoms with Crippen molar-refractivity contribution in [3.8, 4) is 11.4 Å². The van der Waals surface area contributed by atoms with Crippen molar-refractivity contribution in [2.24, 2.45) is 0 Å². The van der Waals surface area contributed by atoms with Gasteiger partial charge in [0.15, 0.2) is 0 Å². The lowest BCUT2D eigenvalue weighted by atomic mass is 10.1. The Morgan fingerprint density at radius 2 is 1.54 bits per heavy atom. The molecule has 0 radical (unpaired) electrons. The van der Waals surface area contributed by atoms with Crippen LogP contribution in [0.3, 0.4) is 0 Å². The third-order valence-electron chi connectivity index (χ3n) is 4.43. The number of aryl methyl sites for hydroxylation is 1. The second-order valence-electron chi connectivity index (χ2n) is 6.15. The van der Waals surface area contributed by atoms with Crippen molar-refractivity contribution in [2.45, 2.75) is 13.0 Å². The average Bonchev–Trinajstić information content (AvgIpc) is 2.69. The Balaban J connectivity index is 1.85. The van der Waals surface area contributed by atoms with Crippen LogP contribution in [0.2, 0.25) is 0 Å². The number of para-hydroxylation sites is 1. The number of fused-ring (bicyclic) bond motifs is 1. The van der Waals surface area contributed by atoms with E-state index >= 15 is 0 Å². The first kappa shape index (κ1) is 16.2. The minimum absolute atomic E-state index is 0.0779. The second-order valence-corrected chi connectivity index (χ2v) is 6.15. The molecule has 0 bridgehead atoms. The van der Waals surface area contributed by atoms with Crippen molar-refractivity contribution in [3.63, 3.8) is 0 Å². The normalized spacial score (nSPS) is 11.0. The summed E-state index contributed by atoms with van der Waals surface area (Å²) in [4.78, 5) is 17.7. The fourth-order valence-electron chi connectivity index (χ4n) is 3.08. The van der Waals surface area contributed by atoms with Gasteiger partial charge < -0.3 is 0 Å². The van der Waals surface area contributed by atoms with Gasteiger partial charge in [0, 0.05) is 12.1 Å². The number of benzene rings is 3. The van der Waals surface area contributed by atoms with Gasteiger partial charge in [-0.3, -0.25) is 9.36 Å². The maximum Gasteiger partial charge on any atom is 0.261 e. The number of hydrogen-bond donors (Lipinski definition) is 0. The number of aromatic nitrogens is 2. The van der Waals surface area contributed by atoms with Gasteiger partial charge in [0.2, 0.25) is 0 Å². The van der Waals surface area contributed by atoms with Gasteiger partial charge >= 0.3 is 0 Å². The molecule has 3 nitrogen and oxygen atoms in total. The molecule has 0 aliphatic carbocycles. The van der Waals surface area contributed by atoms with Gasteiger partial charge in [-0.25, -0.2) is 9.37 Å². The summed E-state index contributed by atoms with van der Waals surface area (Å²) in [5.41, 5.74) is 2.44. The Labute approximate surface area is 150 Å². The molecular weight excluding hydrogens is 327 g/mol. The van der Waals surface area contributed by atoms with Gasteiger partial charge in [0.1, 0.15) is 11.6 Å². The van der Waals surface area contributed by atoms with Crippen LogP contribution in [0, 0.1) is 5.82 Å². The minimum atomic E-state index is -0.312. The molecule has 1 heterocycles. The van der Waals surface area contributed by atoms with Crippen LogP contribution in [0.15, 0.2) is 83.7 Å². The number of hydrogen-bond acceptors (Lipinski definition) is 2. The lowest BCUT2D eigenvalue weighted by Gasteiger charge is -2.14. The molecule has 128 valence electrons. The third kappa shape index (κ3) is 3.14. The summed E-state index contributed by atoms with van der Waals surface area (Å²) in [6, 6.07) is 23.4. The van der Waals surface area contributed by atoms with E-state index in [9.17, 15) is 9.18 Å². The molecule has 0 saturated heterocycles. The van der Waals surface area contributed by atoms with Crippen molar-refractivity contribution in [2.75, 3.05) is 0 Å². The van der Waals surface area contributed by atoms with Crippen LogP contribution in [-0.2, 0) is 13.0 Å². The van der Waals surface area contributed by atoms with Gasteiger partial charge in [0.25, 0.3) is 5.56 Å². The monoisotopic (exact) mass is 344 g/mol. The van der Waals surface area contributed by atoms with Gasteiger partial charge in [-0.2, -0.15) is 0 Å². The highest BCUT2D eigenvalue weighted by atomic mass is 19.1. The molecule has 0 unspecified atom stereocenters. The van der Waals surface area contributed by atoms with Crippen LogP contribution in [0.1, 0.15) is 5.56 Å². The van der Waals surface area contributed by atoms with Crippen LogP contribution < -0.4 is 5.56 Å². The van der Waals surface area contributed by atoms with Gasteiger partial charge in [-0.15, -0.1) is 0 Å². The molecule has 0 fully saturated rings. The van der Waals surface area contributed by atoms with Crippen LogP contribution in [0.4, 0.5) is 4.39 Å². The quantitative estimate of drug-likeness (QED) is 0.548. The van der Waals surface area contributed by atoms with Crippen LogP contribution in [0.5, 0.6) is 0 Å². The molecule has 0 amide bonds. The zero-order valence-electron chi connectivity index (χ0n) is 14.1. The standard InChI is InChI=1S/C22H17FN2O/c23-18-12-10-17(11-13-18)21-24-20-9-5-4-8-19(20)22(26)25(21)15-14-16-6-2-1-3-7-16/h1-13H,14-15H2. The van der Waals surface area contributed by atoms with E-state index in [1.54, 1.807) is 22.8 Å². The Kier molecular flexibility index (Phi) is 4.32. The Hall–Kier alpha value is -3.27. The van der Waals surface area contributed by atoms with E-state index < -0.39 is 0 Å². The first-order valence-electron chi connectivity index (χ1n) is 8.52. The SMILES string of the molecule is O=c1c2ccccc2nc(-c2ccc(F)cc2)n1CCc1ccccc1. The summed E-state index contributed by atoms with van der Waals surface area (Å²) in [5, 5.41) is 0.589. The molecule has 4 heteroatoms. The van der Waals surface area contributed by atoms with E-state index in [1.165, 1.54) is 12.1 Å². The summed E-state index contributed by atoms with van der Waals surface area (Å²) >= 11 is 0. The fraction of sp³-hybridized carbons (Fsp3) is 0.0909. The Morgan fingerprint density at radius 3 is 2.31 bits per heavy atom. The van der Waals surface area contributed by atoms with Crippen molar-refractivity contribution in [3.05, 3.63) is 101 Å². The minimum Gasteiger partial charge on any atom is -0.292 e. The zero-order chi connectivity index (χ0) is 17.9. The topological polar surface area (TPSA) is 34.9 Å². The summed E-state index contributed by atoms with van der Waals surface area (Å²) in [6.45, 7) is 0.507. The molecule has 0 aliphatic heterocycles. The molecular formula is C22H17FN2O. The molecule has 0 spiro atoms. The van der Waals surface area contributed by atoms with E-state index in [-0.39, 0.29) is 11.4 Å². The third-order valence-corrected chi connectivity index (χ3v) is 4.43. The molecule has 1 aromatic heterocycles. The van der Waals surface area contributed by atoms with Gasteiger partial charge in [0.05, 0.1) is 10.9 Å². The lowest BCUT2D eigenvalue weighted by molar-refractivity contribution is 0.627. The number of rotatable bonds is 4. The van der Waals surface area contributed by atoms with Crippen LogP contribution in [-0.4, -0.2) is 9.55 Å². The van der Waals surface area contributed by atoms with Gasteiger partial charge in [-0.05, 0) is 48.4 Å². The van der Waals surface area contributed by atoms with Crippen molar-refractivity contribution in [1.82, 2.24) is 9.55 Å². The van der Waals surface area contributed by atoms with Crippen molar-refractivity contribution in [1.29, 1.82) is 0 Å². The maximum absolute atomic E-state index is 13.3. The Bertz CT molecular complexity index is 1100. The van der Waals surface area contributed by atoms with Gasteiger partial charge in [-0.1, -0.05) is 42.5 Å². The molecule has 0 aliphatic rings. The highest BCUT2D eigenvalue weighted by molar-refractivity contribution is 5.79. The average molecular weight is 344 g/mol. The summed E-state index contributed by atoms with van der Waals surface area (Å²) in [7, 11) is 0. The van der Waals surface area contributed by atoms with Crippen molar-refractivity contribution < 1.29 is 4.39 Å². The zero-order valence-corrected chi connectivity index (χ0v) is 14.1. The fourth-order valence-corrected chi connectivity index (χ4v) is 3.08.